The van der Waals surface area contributed by atoms with Crippen molar-refractivity contribution in [2.24, 2.45) is 5.92 Å². The van der Waals surface area contributed by atoms with Crippen molar-refractivity contribution < 1.29 is 9.53 Å². The number of aromatic nitrogens is 3. The van der Waals surface area contributed by atoms with E-state index in [4.69, 9.17) is 4.74 Å². The Morgan fingerprint density at radius 3 is 2.89 bits per heavy atom. The fourth-order valence-corrected chi connectivity index (χ4v) is 5.34. The lowest BCUT2D eigenvalue weighted by molar-refractivity contribution is -0.135. The third-order valence-electron chi connectivity index (χ3n) is 6.67. The molecule has 1 amide bonds. The van der Waals surface area contributed by atoms with Gasteiger partial charge in [-0.3, -0.25) is 19.7 Å². The van der Waals surface area contributed by atoms with E-state index in [1.165, 1.54) is 25.7 Å². The van der Waals surface area contributed by atoms with E-state index in [-0.39, 0.29) is 12.1 Å². The molecule has 4 heterocycles. The number of aryl methyl sites for hydroxylation is 1. The molecule has 1 saturated carbocycles. The van der Waals surface area contributed by atoms with Gasteiger partial charge in [0.2, 0.25) is 11.9 Å². The molecule has 1 aromatic heterocycles. The normalized spacial score (nSPS) is 32.0. The highest BCUT2D eigenvalue weighted by atomic mass is 16.5. The molecule has 2 saturated heterocycles. The summed E-state index contributed by atoms with van der Waals surface area (Å²) in [5.74, 6) is 2.76. The van der Waals surface area contributed by atoms with Crippen LogP contribution in [0.1, 0.15) is 57.3 Å². The van der Waals surface area contributed by atoms with Crippen LogP contribution >= 0.6 is 0 Å². The van der Waals surface area contributed by atoms with Crippen LogP contribution in [-0.4, -0.2) is 64.2 Å². The number of carbonyl (C=O) groups is 1. The fraction of sp³-hybridized carbons (Fsp3) is 0.842. The van der Waals surface area contributed by atoms with Crippen molar-refractivity contribution in [2.75, 3.05) is 31.3 Å². The van der Waals surface area contributed by atoms with Gasteiger partial charge in [-0.2, -0.15) is 0 Å². The van der Waals surface area contributed by atoms with Crippen molar-refractivity contribution in [1.82, 2.24) is 30.4 Å². The standard InChI is InChI=1S/C19H31N7O2/c1-13-20-18-14-5-2-3-6-15(14)25-16(21-22-19(25)26(18)23-13)7-4-8-17(27)24-9-11-28-12-10-24/h13-15,18,20,23H,2-12H2,1H3. The van der Waals surface area contributed by atoms with Gasteiger partial charge in [0, 0.05) is 37.9 Å². The lowest BCUT2D eigenvalue weighted by Gasteiger charge is -2.44. The van der Waals surface area contributed by atoms with Gasteiger partial charge in [0.25, 0.3) is 0 Å². The molecule has 9 nitrogen and oxygen atoms in total. The first-order valence-corrected chi connectivity index (χ1v) is 10.8. The molecule has 9 heteroatoms. The Labute approximate surface area is 165 Å². The zero-order chi connectivity index (χ0) is 19.1. The number of nitrogens with zero attached hydrogens (tertiary/aromatic N) is 5. The number of amides is 1. The maximum atomic E-state index is 12.4. The van der Waals surface area contributed by atoms with Crippen molar-refractivity contribution in [3.63, 3.8) is 0 Å². The molecule has 0 radical (unpaired) electrons. The monoisotopic (exact) mass is 389 g/mol. The second kappa shape index (κ2) is 7.61. The van der Waals surface area contributed by atoms with Crippen LogP contribution in [0.15, 0.2) is 0 Å². The van der Waals surface area contributed by atoms with Crippen molar-refractivity contribution >= 4 is 11.9 Å². The Hall–Kier alpha value is -1.71. The number of morpholine rings is 1. The van der Waals surface area contributed by atoms with Gasteiger partial charge in [-0.1, -0.05) is 12.8 Å². The summed E-state index contributed by atoms with van der Waals surface area (Å²) in [5, 5.41) is 14.9. The maximum absolute atomic E-state index is 12.4. The molecule has 5 rings (SSSR count). The van der Waals surface area contributed by atoms with Crippen molar-refractivity contribution in [3.8, 4) is 0 Å². The Morgan fingerprint density at radius 2 is 2.04 bits per heavy atom. The largest absolute Gasteiger partial charge is 0.378 e. The number of carbonyl (C=O) groups excluding carboxylic acids is 1. The number of nitrogens with one attached hydrogen (secondary N) is 2. The molecular weight excluding hydrogens is 358 g/mol. The molecule has 3 aliphatic heterocycles. The molecule has 1 aromatic rings. The first-order chi connectivity index (χ1) is 13.7. The van der Waals surface area contributed by atoms with Gasteiger partial charge in [0.1, 0.15) is 12.0 Å². The van der Waals surface area contributed by atoms with Crippen LogP contribution in [0.3, 0.4) is 0 Å². The molecule has 3 fully saturated rings. The minimum Gasteiger partial charge on any atom is -0.378 e. The molecule has 4 unspecified atom stereocenters. The first kappa shape index (κ1) is 18.3. The highest BCUT2D eigenvalue weighted by Crippen LogP contribution is 2.44. The maximum Gasteiger partial charge on any atom is 0.243 e. The molecule has 154 valence electrons. The summed E-state index contributed by atoms with van der Waals surface area (Å²) in [7, 11) is 0. The zero-order valence-electron chi connectivity index (χ0n) is 16.6. The molecule has 0 bridgehead atoms. The number of fused-ring (bicyclic) bond motifs is 6. The quantitative estimate of drug-likeness (QED) is 0.787. The number of hydrazine groups is 1. The van der Waals surface area contributed by atoms with E-state index in [0.29, 0.717) is 37.8 Å². The Morgan fingerprint density at radius 1 is 1.21 bits per heavy atom. The first-order valence-electron chi connectivity index (χ1n) is 10.8. The SMILES string of the molecule is CC1NC2C3CCCCC3n3c(CCCC(=O)N4CCOCC4)nnc3N2N1. The molecular formula is C19H31N7O2. The number of rotatable bonds is 4. The summed E-state index contributed by atoms with van der Waals surface area (Å²) >= 11 is 0. The lowest BCUT2D eigenvalue weighted by Crippen LogP contribution is -2.53. The molecule has 4 aliphatic rings. The van der Waals surface area contributed by atoms with Gasteiger partial charge in [0.15, 0.2) is 0 Å². The average Bonchev–Trinajstić information content (AvgIpc) is 3.32. The van der Waals surface area contributed by atoms with Gasteiger partial charge in [-0.05, 0) is 26.2 Å². The van der Waals surface area contributed by atoms with Crippen molar-refractivity contribution in [1.29, 1.82) is 0 Å². The molecule has 1 aliphatic carbocycles. The summed E-state index contributed by atoms with van der Waals surface area (Å²) in [6, 6.07) is 0.463. The summed E-state index contributed by atoms with van der Waals surface area (Å²) in [6.45, 7) is 4.90. The van der Waals surface area contributed by atoms with Gasteiger partial charge in [-0.25, -0.2) is 5.43 Å². The Balaban J connectivity index is 1.30. The van der Waals surface area contributed by atoms with Gasteiger partial charge >= 0.3 is 0 Å². The fourth-order valence-electron chi connectivity index (χ4n) is 5.34. The summed E-state index contributed by atoms with van der Waals surface area (Å²) in [6.07, 6.45) is 7.71. The third kappa shape index (κ3) is 3.19. The van der Waals surface area contributed by atoms with Crippen LogP contribution < -0.4 is 15.8 Å². The van der Waals surface area contributed by atoms with E-state index >= 15 is 0 Å². The molecule has 2 N–H and O–H groups in total. The molecule has 28 heavy (non-hydrogen) atoms. The van der Waals surface area contributed by atoms with E-state index in [2.05, 4.69) is 37.4 Å². The van der Waals surface area contributed by atoms with Crippen molar-refractivity contribution in [3.05, 3.63) is 5.82 Å². The Bertz CT molecular complexity index is 717. The molecule has 0 spiro atoms. The zero-order valence-corrected chi connectivity index (χ0v) is 16.6. The van der Waals surface area contributed by atoms with E-state index in [1.54, 1.807) is 0 Å². The average molecular weight is 390 g/mol. The molecule has 0 aromatic carbocycles. The second-order valence-corrected chi connectivity index (χ2v) is 8.48. The summed E-state index contributed by atoms with van der Waals surface area (Å²) in [4.78, 5) is 14.4. The van der Waals surface area contributed by atoms with E-state index in [1.807, 2.05) is 4.90 Å². The van der Waals surface area contributed by atoms with Crippen LogP contribution in [-0.2, 0) is 16.0 Å². The minimum absolute atomic E-state index is 0.233. The summed E-state index contributed by atoms with van der Waals surface area (Å²) in [5.41, 5.74) is 3.50. The van der Waals surface area contributed by atoms with Crippen LogP contribution in [0.5, 0.6) is 0 Å². The highest BCUT2D eigenvalue weighted by Gasteiger charge is 2.47. The van der Waals surface area contributed by atoms with Crippen LogP contribution in [0.2, 0.25) is 0 Å². The third-order valence-corrected chi connectivity index (χ3v) is 6.67. The number of hydrogen-bond donors (Lipinski definition) is 2. The second-order valence-electron chi connectivity index (χ2n) is 8.48. The number of anilines is 1. The lowest BCUT2D eigenvalue weighted by atomic mass is 9.81. The van der Waals surface area contributed by atoms with Crippen molar-refractivity contribution in [2.45, 2.75) is 70.2 Å². The van der Waals surface area contributed by atoms with Crippen LogP contribution in [0.25, 0.3) is 0 Å². The topological polar surface area (TPSA) is 87.5 Å². The van der Waals surface area contributed by atoms with E-state index < -0.39 is 0 Å². The van der Waals surface area contributed by atoms with Gasteiger partial charge in [0.05, 0.1) is 19.4 Å². The van der Waals surface area contributed by atoms with Gasteiger partial charge < -0.3 is 9.64 Å². The minimum atomic E-state index is 0.233. The van der Waals surface area contributed by atoms with Gasteiger partial charge in [-0.15, -0.1) is 10.2 Å². The Kier molecular flexibility index (Phi) is 4.98. The van der Waals surface area contributed by atoms with Crippen LogP contribution in [0.4, 0.5) is 5.95 Å². The predicted molar refractivity (Wildman–Crippen MR) is 103 cm³/mol. The molecule has 4 atom stereocenters. The number of hydrogen-bond acceptors (Lipinski definition) is 7. The van der Waals surface area contributed by atoms with Crippen LogP contribution in [0, 0.1) is 5.92 Å². The summed E-state index contributed by atoms with van der Waals surface area (Å²) < 4.78 is 7.70. The van der Waals surface area contributed by atoms with E-state index in [0.717, 1.165) is 37.7 Å². The smallest absolute Gasteiger partial charge is 0.243 e. The highest BCUT2D eigenvalue weighted by molar-refractivity contribution is 5.76. The predicted octanol–water partition coefficient (Wildman–Crippen LogP) is 0.791. The number of ether oxygens (including phenoxy) is 1. The van der Waals surface area contributed by atoms with E-state index in [9.17, 15) is 4.79 Å².